The molecule has 22 heavy (non-hydrogen) atoms. The average Bonchev–Trinajstić information content (AvgIpc) is 2.99. The molecule has 0 unspecified atom stereocenters. The molecule has 1 saturated heterocycles. The Labute approximate surface area is 136 Å². The van der Waals surface area contributed by atoms with Crippen LogP contribution in [0.25, 0.3) is 0 Å². The van der Waals surface area contributed by atoms with E-state index in [1.807, 2.05) is 6.92 Å². The number of sulfonamides is 1. The van der Waals surface area contributed by atoms with Crippen LogP contribution in [-0.2, 0) is 19.5 Å². The van der Waals surface area contributed by atoms with E-state index in [4.69, 9.17) is 21.1 Å². The van der Waals surface area contributed by atoms with Crippen LogP contribution in [0.5, 0.6) is 0 Å². The zero-order valence-electron chi connectivity index (χ0n) is 12.4. The Morgan fingerprint density at radius 1 is 1.45 bits per heavy atom. The van der Waals surface area contributed by atoms with Gasteiger partial charge in [-0.25, -0.2) is 13.1 Å². The van der Waals surface area contributed by atoms with E-state index < -0.39 is 15.6 Å². The topological polar surface area (TPSA) is 64.6 Å². The molecule has 0 radical (unpaired) electrons. The van der Waals surface area contributed by atoms with Crippen molar-refractivity contribution in [3.8, 4) is 0 Å². The number of nitrogens with one attached hydrogen (secondary N) is 1. The lowest BCUT2D eigenvalue weighted by molar-refractivity contribution is -0.193. The summed E-state index contributed by atoms with van der Waals surface area (Å²) in [6.45, 7) is 3.18. The molecule has 1 aliphatic carbocycles. The molecule has 1 saturated carbocycles. The maximum atomic E-state index is 12.6. The number of rotatable bonds is 5. The van der Waals surface area contributed by atoms with Crippen molar-refractivity contribution >= 4 is 21.6 Å². The third kappa shape index (κ3) is 2.67. The summed E-state index contributed by atoms with van der Waals surface area (Å²) in [4.78, 5) is 0.102. The fourth-order valence-corrected chi connectivity index (χ4v) is 5.18. The molecule has 1 spiro atoms. The molecule has 7 heteroatoms. The molecule has 122 valence electrons. The number of benzene rings is 1. The van der Waals surface area contributed by atoms with Gasteiger partial charge in [-0.1, -0.05) is 23.7 Å². The minimum absolute atomic E-state index is 0.0426. The molecule has 2 fully saturated rings. The lowest BCUT2D eigenvalue weighted by Gasteiger charge is -2.52. The van der Waals surface area contributed by atoms with Crippen LogP contribution in [0.1, 0.15) is 26.2 Å². The molecule has 5 nitrogen and oxygen atoms in total. The second kappa shape index (κ2) is 6.09. The van der Waals surface area contributed by atoms with Crippen LogP contribution in [0.15, 0.2) is 29.2 Å². The Hall–Kier alpha value is -0.660. The summed E-state index contributed by atoms with van der Waals surface area (Å²) in [5.41, 5.74) is -0.523. The van der Waals surface area contributed by atoms with Gasteiger partial charge in [0.25, 0.3) is 0 Å². The zero-order chi connectivity index (χ0) is 15.8. The largest absolute Gasteiger partial charge is 0.375 e. The highest BCUT2D eigenvalue weighted by Gasteiger charge is 2.59. The second-order valence-corrected chi connectivity index (χ2v) is 7.78. The number of hydrogen-bond donors (Lipinski definition) is 1. The van der Waals surface area contributed by atoms with E-state index in [9.17, 15) is 8.42 Å². The second-order valence-electron chi connectivity index (χ2n) is 5.69. The maximum absolute atomic E-state index is 12.6. The average molecular weight is 346 g/mol. The molecule has 1 aromatic rings. The zero-order valence-corrected chi connectivity index (χ0v) is 14.0. The minimum Gasteiger partial charge on any atom is -0.375 e. The summed E-state index contributed by atoms with van der Waals surface area (Å²) in [6, 6.07) is 6.17. The van der Waals surface area contributed by atoms with Crippen molar-refractivity contribution in [2.45, 2.75) is 48.8 Å². The molecule has 0 bridgehead atoms. The predicted octanol–water partition coefficient (Wildman–Crippen LogP) is 2.34. The Morgan fingerprint density at radius 3 is 2.86 bits per heavy atom. The molecule has 0 aromatic heterocycles. The fourth-order valence-electron chi connectivity index (χ4n) is 3.36. The molecule has 3 rings (SSSR count). The first-order valence-corrected chi connectivity index (χ1v) is 9.38. The predicted molar refractivity (Wildman–Crippen MR) is 83.5 cm³/mol. The highest BCUT2D eigenvalue weighted by molar-refractivity contribution is 7.89. The highest BCUT2D eigenvalue weighted by Crippen LogP contribution is 2.46. The Balaban J connectivity index is 1.80. The van der Waals surface area contributed by atoms with Gasteiger partial charge in [0.2, 0.25) is 10.0 Å². The van der Waals surface area contributed by atoms with Crippen LogP contribution in [0.3, 0.4) is 0 Å². The molecule has 2 aliphatic rings. The van der Waals surface area contributed by atoms with Crippen molar-refractivity contribution in [1.29, 1.82) is 0 Å². The molecule has 1 heterocycles. The van der Waals surface area contributed by atoms with Gasteiger partial charge in [-0.15, -0.1) is 0 Å². The SMILES string of the molecule is CCO[C@@H]1C[C@@H](NS(=O)(=O)c2ccccc2Cl)[C@@]12CCCO2. The Kier molecular flexibility index (Phi) is 4.49. The van der Waals surface area contributed by atoms with Crippen LogP contribution in [0.4, 0.5) is 0 Å². The molecule has 1 N–H and O–H groups in total. The lowest BCUT2D eigenvalue weighted by atomic mass is 9.70. The van der Waals surface area contributed by atoms with Crippen LogP contribution >= 0.6 is 11.6 Å². The van der Waals surface area contributed by atoms with E-state index in [0.29, 0.717) is 19.6 Å². The molecule has 0 amide bonds. The van der Waals surface area contributed by atoms with Crippen molar-refractivity contribution in [2.75, 3.05) is 13.2 Å². The van der Waals surface area contributed by atoms with E-state index in [1.54, 1.807) is 18.2 Å². The Bertz CT molecular complexity index is 643. The van der Waals surface area contributed by atoms with E-state index >= 15 is 0 Å². The number of halogens is 1. The lowest BCUT2D eigenvalue weighted by Crippen LogP contribution is -2.69. The molecule has 1 aliphatic heterocycles. The molecular weight excluding hydrogens is 326 g/mol. The molecule has 1 aromatic carbocycles. The van der Waals surface area contributed by atoms with E-state index in [-0.39, 0.29) is 22.1 Å². The summed E-state index contributed by atoms with van der Waals surface area (Å²) in [5.74, 6) is 0. The van der Waals surface area contributed by atoms with Crippen molar-refractivity contribution < 1.29 is 17.9 Å². The van der Waals surface area contributed by atoms with Crippen LogP contribution in [-0.4, -0.2) is 39.4 Å². The van der Waals surface area contributed by atoms with Gasteiger partial charge < -0.3 is 9.47 Å². The summed E-state index contributed by atoms with van der Waals surface area (Å²) >= 11 is 6.01. The summed E-state index contributed by atoms with van der Waals surface area (Å²) < 4.78 is 39.5. The van der Waals surface area contributed by atoms with Gasteiger partial charge in [0, 0.05) is 13.2 Å². The summed E-state index contributed by atoms with van der Waals surface area (Å²) in [5, 5.41) is 0.220. The van der Waals surface area contributed by atoms with Crippen LogP contribution in [0, 0.1) is 0 Å². The smallest absolute Gasteiger partial charge is 0.242 e. The highest BCUT2D eigenvalue weighted by atomic mass is 35.5. The first kappa shape index (κ1) is 16.2. The minimum atomic E-state index is -3.67. The quantitative estimate of drug-likeness (QED) is 0.889. The normalized spacial score (nSPS) is 31.4. The van der Waals surface area contributed by atoms with Crippen molar-refractivity contribution in [2.24, 2.45) is 0 Å². The van der Waals surface area contributed by atoms with Gasteiger partial charge in [-0.05, 0) is 38.3 Å². The maximum Gasteiger partial charge on any atom is 0.242 e. The first-order chi connectivity index (χ1) is 10.5. The standard InChI is InChI=1S/C15H20ClNO4S/c1-2-20-14-10-13(15(14)8-5-9-21-15)17-22(18,19)12-7-4-3-6-11(12)16/h3-4,6-7,13-14,17H,2,5,8-10H2,1H3/t13-,14-,15+/m1/s1. The van der Waals surface area contributed by atoms with Gasteiger partial charge in [-0.2, -0.15) is 0 Å². The Morgan fingerprint density at radius 2 is 2.23 bits per heavy atom. The van der Waals surface area contributed by atoms with E-state index in [0.717, 1.165) is 12.8 Å². The van der Waals surface area contributed by atoms with E-state index in [1.165, 1.54) is 6.07 Å². The van der Waals surface area contributed by atoms with Gasteiger partial charge in [0.1, 0.15) is 10.5 Å². The van der Waals surface area contributed by atoms with Crippen molar-refractivity contribution in [3.05, 3.63) is 29.3 Å². The summed E-state index contributed by atoms with van der Waals surface area (Å²) in [7, 11) is -3.67. The van der Waals surface area contributed by atoms with Crippen molar-refractivity contribution in [1.82, 2.24) is 4.72 Å². The third-order valence-corrected chi connectivity index (χ3v) is 6.43. The van der Waals surface area contributed by atoms with Crippen LogP contribution in [0.2, 0.25) is 5.02 Å². The summed E-state index contributed by atoms with van der Waals surface area (Å²) in [6.07, 6.45) is 2.32. The number of ether oxygens (including phenoxy) is 2. The fraction of sp³-hybridized carbons (Fsp3) is 0.600. The molecule has 3 atom stereocenters. The van der Waals surface area contributed by atoms with Crippen LogP contribution < -0.4 is 4.72 Å². The van der Waals surface area contributed by atoms with Gasteiger partial charge in [-0.3, -0.25) is 0 Å². The first-order valence-electron chi connectivity index (χ1n) is 7.52. The van der Waals surface area contributed by atoms with Gasteiger partial charge in [0.05, 0.1) is 17.2 Å². The molecular formula is C15H20ClNO4S. The third-order valence-electron chi connectivity index (χ3n) is 4.46. The van der Waals surface area contributed by atoms with Gasteiger partial charge in [0.15, 0.2) is 0 Å². The van der Waals surface area contributed by atoms with Crippen molar-refractivity contribution in [3.63, 3.8) is 0 Å². The monoisotopic (exact) mass is 345 g/mol. The van der Waals surface area contributed by atoms with E-state index in [2.05, 4.69) is 4.72 Å². The van der Waals surface area contributed by atoms with Gasteiger partial charge >= 0.3 is 0 Å². The number of hydrogen-bond acceptors (Lipinski definition) is 4.